The Labute approximate surface area is 136 Å². The van der Waals surface area contributed by atoms with Crippen molar-refractivity contribution in [1.29, 1.82) is 0 Å². The number of carbonyl (C=O) groups excluding carboxylic acids is 1. The molecule has 0 aliphatic carbocycles. The molecule has 0 spiro atoms. The first-order valence-corrected chi connectivity index (χ1v) is 8.56. The number of nitrogens with one attached hydrogen (secondary N) is 1. The summed E-state index contributed by atoms with van der Waals surface area (Å²) in [5.41, 5.74) is 1.85. The van der Waals surface area contributed by atoms with Crippen molar-refractivity contribution in [1.82, 2.24) is 10.2 Å². The molecule has 0 unspecified atom stereocenters. The standard InChI is InChI=1S/C17H25BrN2O/c1-12(2)20(11-14-6-8-19-9-7-14)17(21)16-10-15(18)5-4-13(16)3/h4-5,10,12,14,19H,6-9,11H2,1-3H3. The molecule has 0 atom stereocenters. The van der Waals surface area contributed by atoms with Crippen molar-refractivity contribution in [2.75, 3.05) is 19.6 Å². The van der Waals surface area contributed by atoms with E-state index in [0.29, 0.717) is 5.92 Å². The topological polar surface area (TPSA) is 32.3 Å². The predicted octanol–water partition coefficient (Wildman–Crippen LogP) is 3.61. The normalized spacial score (nSPS) is 16.2. The lowest BCUT2D eigenvalue weighted by Crippen LogP contribution is -2.43. The molecule has 1 heterocycles. The molecule has 1 N–H and O–H groups in total. The Balaban J connectivity index is 2.16. The van der Waals surface area contributed by atoms with Gasteiger partial charge in [0.25, 0.3) is 5.91 Å². The van der Waals surface area contributed by atoms with Gasteiger partial charge in [0.15, 0.2) is 0 Å². The summed E-state index contributed by atoms with van der Waals surface area (Å²) in [6.45, 7) is 9.22. The monoisotopic (exact) mass is 352 g/mol. The number of carbonyl (C=O) groups is 1. The van der Waals surface area contributed by atoms with E-state index in [1.165, 1.54) is 0 Å². The summed E-state index contributed by atoms with van der Waals surface area (Å²) in [4.78, 5) is 15.0. The van der Waals surface area contributed by atoms with Crippen LogP contribution in [0.1, 0.15) is 42.6 Å². The summed E-state index contributed by atoms with van der Waals surface area (Å²) in [7, 11) is 0. The zero-order chi connectivity index (χ0) is 15.4. The fourth-order valence-electron chi connectivity index (χ4n) is 2.85. The number of hydrogen-bond donors (Lipinski definition) is 1. The summed E-state index contributed by atoms with van der Waals surface area (Å²) >= 11 is 3.47. The second kappa shape index (κ2) is 7.41. The number of benzene rings is 1. The molecule has 2 rings (SSSR count). The lowest BCUT2D eigenvalue weighted by Gasteiger charge is -2.33. The van der Waals surface area contributed by atoms with E-state index < -0.39 is 0 Å². The number of halogens is 1. The van der Waals surface area contributed by atoms with Crippen LogP contribution in [0.15, 0.2) is 22.7 Å². The number of amides is 1. The third kappa shape index (κ3) is 4.30. The van der Waals surface area contributed by atoms with Crippen LogP contribution in [0.4, 0.5) is 0 Å². The fraction of sp³-hybridized carbons (Fsp3) is 0.588. The van der Waals surface area contributed by atoms with Crippen molar-refractivity contribution in [2.24, 2.45) is 5.92 Å². The van der Waals surface area contributed by atoms with Crippen molar-refractivity contribution in [3.05, 3.63) is 33.8 Å². The maximum Gasteiger partial charge on any atom is 0.254 e. The van der Waals surface area contributed by atoms with E-state index in [2.05, 4.69) is 35.1 Å². The summed E-state index contributed by atoms with van der Waals surface area (Å²) in [6.07, 6.45) is 2.32. The van der Waals surface area contributed by atoms with Gasteiger partial charge in [-0.2, -0.15) is 0 Å². The molecule has 1 aromatic rings. The Morgan fingerprint density at radius 2 is 2.05 bits per heavy atom. The number of aryl methyl sites for hydroxylation is 1. The molecule has 1 fully saturated rings. The van der Waals surface area contributed by atoms with Crippen LogP contribution in [0.3, 0.4) is 0 Å². The van der Waals surface area contributed by atoms with Crippen molar-refractivity contribution >= 4 is 21.8 Å². The first kappa shape index (κ1) is 16.5. The number of piperidine rings is 1. The van der Waals surface area contributed by atoms with Crippen molar-refractivity contribution in [3.63, 3.8) is 0 Å². The van der Waals surface area contributed by atoms with E-state index in [0.717, 1.165) is 48.1 Å². The second-order valence-electron chi connectivity index (χ2n) is 6.20. The maximum absolute atomic E-state index is 12.9. The summed E-state index contributed by atoms with van der Waals surface area (Å²) in [5, 5.41) is 3.39. The van der Waals surface area contributed by atoms with E-state index in [1.54, 1.807) is 0 Å². The molecular formula is C17H25BrN2O. The molecule has 3 nitrogen and oxygen atoms in total. The zero-order valence-electron chi connectivity index (χ0n) is 13.2. The van der Waals surface area contributed by atoms with Crippen LogP contribution >= 0.6 is 15.9 Å². The van der Waals surface area contributed by atoms with Gasteiger partial charge in [0.05, 0.1) is 0 Å². The lowest BCUT2D eigenvalue weighted by molar-refractivity contribution is 0.0657. The first-order chi connectivity index (χ1) is 9.99. The molecule has 0 saturated carbocycles. The van der Waals surface area contributed by atoms with Crippen molar-refractivity contribution < 1.29 is 4.79 Å². The van der Waals surface area contributed by atoms with Crippen LogP contribution in [0.5, 0.6) is 0 Å². The lowest BCUT2D eigenvalue weighted by atomic mass is 9.96. The van der Waals surface area contributed by atoms with E-state index in [1.807, 2.05) is 30.0 Å². The highest BCUT2D eigenvalue weighted by molar-refractivity contribution is 9.10. The van der Waals surface area contributed by atoms with Crippen LogP contribution in [0.2, 0.25) is 0 Å². The molecule has 1 aliphatic rings. The molecule has 21 heavy (non-hydrogen) atoms. The van der Waals surface area contributed by atoms with Gasteiger partial charge < -0.3 is 10.2 Å². The van der Waals surface area contributed by atoms with E-state index in [-0.39, 0.29) is 11.9 Å². The van der Waals surface area contributed by atoms with Gasteiger partial charge >= 0.3 is 0 Å². The molecular weight excluding hydrogens is 328 g/mol. The third-order valence-electron chi connectivity index (χ3n) is 4.23. The van der Waals surface area contributed by atoms with Crippen molar-refractivity contribution in [3.8, 4) is 0 Å². The average Bonchev–Trinajstić information content (AvgIpc) is 2.47. The van der Waals surface area contributed by atoms with Crippen LogP contribution in [0.25, 0.3) is 0 Å². The Kier molecular flexibility index (Phi) is 5.82. The Morgan fingerprint density at radius 3 is 2.67 bits per heavy atom. The maximum atomic E-state index is 12.9. The first-order valence-electron chi connectivity index (χ1n) is 7.77. The highest BCUT2D eigenvalue weighted by Gasteiger charge is 2.24. The van der Waals surface area contributed by atoms with E-state index in [4.69, 9.17) is 0 Å². The highest BCUT2D eigenvalue weighted by Crippen LogP contribution is 2.21. The van der Waals surface area contributed by atoms with E-state index in [9.17, 15) is 4.79 Å². The smallest absolute Gasteiger partial charge is 0.254 e. The number of hydrogen-bond acceptors (Lipinski definition) is 2. The summed E-state index contributed by atoms with van der Waals surface area (Å²) < 4.78 is 0.960. The predicted molar refractivity (Wildman–Crippen MR) is 90.6 cm³/mol. The number of rotatable bonds is 4. The zero-order valence-corrected chi connectivity index (χ0v) is 14.7. The molecule has 1 amide bonds. The summed E-state index contributed by atoms with van der Waals surface area (Å²) in [5.74, 6) is 0.771. The van der Waals surface area contributed by atoms with Gasteiger partial charge in [0.1, 0.15) is 0 Å². The molecule has 1 aromatic carbocycles. The minimum Gasteiger partial charge on any atom is -0.336 e. The van der Waals surface area contributed by atoms with Gasteiger partial charge in [-0.15, -0.1) is 0 Å². The highest BCUT2D eigenvalue weighted by atomic mass is 79.9. The van der Waals surface area contributed by atoms with Gasteiger partial charge in [-0.3, -0.25) is 4.79 Å². The molecule has 0 aromatic heterocycles. The minimum atomic E-state index is 0.155. The Bertz CT molecular complexity index is 496. The quantitative estimate of drug-likeness (QED) is 0.897. The van der Waals surface area contributed by atoms with Gasteiger partial charge in [-0.05, 0) is 70.3 Å². The number of nitrogens with zero attached hydrogens (tertiary/aromatic N) is 1. The Hall–Kier alpha value is -0.870. The molecule has 0 radical (unpaired) electrons. The van der Waals surface area contributed by atoms with Gasteiger partial charge in [0, 0.05) is 22.6 Å². The molecule has 116 valence electrons. The van der Waals surface area contributed by atoms with Crippen LogP contribution in [-0.2, 0) is 0 Å². The third-order valence-corrected chi connectivity index (χ3v) is 4.72. The van der Waals surface area contributed by atoms with Gasteiger partial charge in [-0.1, -0.05) is 22.0 Å². The van der Waals surface area contributed by atoms with Gasteiger partial charge in [-0.25, -0.2) is 0 Å². The minimum absolute atomic E-state index is 0.155. The largest absolute Gasteiger partial charge is 0.336 e. The average molecular weight is 353 g/mol. The van der Waals surface area contributed by atoms with Gasteiger partial charge in [0.2, 0.25) is 0 Å². The van der Waals surface area contributed by atoms with Crippen LogP contribution < -0.4 is 5.32 Å². The molecule has 1 aliphatic heterocycles. The summed E-state index contributed by atoms with van der Waals surface area (Å²) in [6, 6.07) is 6.15. The van der Waals surface area contributed by atoms with E-state index >= 15 is 0 Å². The second-order valence-corrected chi connectivity index (χ2v) is 7.12. The molecule has 1 saturated heterocycles. The van der Waals surface area contributed by atoms with Crippen molar-refractivity contribution in [2.45, 2.75) is 39.7 Å². The fourth-order valence-corrected chi connectivity index (χ4v) is 3.21. The SMILES string of the molecule is Cc1ccc(Br)cc1C(=O)N(CC1CCNCC1)C(C)C. The molecule has 0 bridgehead atoms. The Morgan fingerprint density at radius 1 is 1.38 bits per heavy atom. The van der Waals surface area contributed by atoms with Crippen LogP contribution in [0, 0.1) is 12.8 Å². The van der Waals surface area contributed by atoms with Crippen LogP contribution in [-0.4, -0.2) is 36.5 Å². The molecule has 4 heteroatoms.